The summed E-state index contributed by atoms with van der Waals surface area (Å²) in [6, 6.07) is -0.802. The second-order valence-corrected chi connectivity index (χ2v) is 15.2. The van der Waals surface area contributed by atoms with Gasteiger partial charge in [0.2, 0.25) is 10.0 Å². The zero-order chi connectivity index (χ0) is 18.6. The number of carbonyl (C=O) groups is 2. The predicted octanol–water partition coefficient (Wildman–Crippen LogP) is 2.45. The van der Waals surface area contributed by atoms with Gasteiger partial charge in [-0.15, -0.1) is 0 Å². The molecule has 23 heavy (non-hydrogen) atoms. The molecule has 0 heterocycles. The van der Waals surface area contributed by atoms with Crippen LogP contribution in [0.2, 0.25) is 25.7 Å². The average Bonchev–Trinajstić information content (AvgIpc) is 2.32. The summed E-state index contributed by atoms with van der Waals surface area (Å²) in [7, 11) is -4.49. The summed E-state index contributed by atoms with van der Waals surface area (Å²) in [5.74, 6) is -1.02. The normalized spacial score (nSPS) is 14.1. The molecule has 0 aliphatic rings. The largest absolute Gasteiger partial charge is 0.467 e. The van der Waals surface area contributed by atoms with Crippen molar-refractivity contribution in [2.75, 3.05) is 12.9 Å². The fraction of sp³-hybridized carbons (Fsp3) is 0.857. The van der Waals surface area contributed by atoms with Crippen molar-refractivity contribution in [1.82, 2.24) is 4.31 Å². The number of hydrogen-bond donors (Lipinski definition) is 0. The Hall–Kier alpha value is -1.09. The molecule has 0 saturated carbocycles. The lowest BCUT2D eigenvalue weighted by Gasteiger charge is -2.30. The molecule has 0 aromatic rings. The van der Waals surface area contributed by atoms with Crippen LogP contribution < -0.4 is 0 Å². The maximum atomic E-state index is 12.6. The van der Waals surface area contributed by atoms with Crippen LogP contribution in [0, 0.1) is 0 Å². The molecule has 0 aromatic heterocycles. The topological polar surface area (TPSA) is 90.0 Å². The number of rotatable bonds is 6. The Morgan fingerprint density at radius 3 is 2.00 bits per heavy atom. The zero-order valence-corrected chi connectivity index (χ0v) is 17.1. The van der Waals surface area contributed by atoms with Crippen molar-refractivity contribution in [1.29, 1.82) is 0 Å². The van der Waals surface area contributed by atoms with E-state index in [1.165, 1.54) is 6.92 Å². The minimum atomic E-state index is -3.99. The SMILES string of the molecule is COC(=O)[C@@H](C)N(C(=O)OC(C)(C)C)S(=O)(=O)CC[Si](C)(C)C. The highest BCUT2D eigenvalue weighted by molar-refractivity contribution is 7.89. The summed E-state index contributed by atoms with van der Waals surface area (Å²) in [4.78, 5) is 24.1. The number of methoxy groups -OCH3 is 1. The van der Waals surface area contributed by atoms with Crippen molar-refractivity contribution < 1.29 is 27.5 Å². The molecule has 0 spiro atoms. The van der Waals surface area contributed by atoms with E-state index in [2.05, 4.69) is 4.74 Å². The molecule has 0 fully saturated rings. The predicted molar refractivity (Wildman–Crippen MR) is 91.5 cm³/mol. The van der Waals surface area contributed by atoms with E-state index in [4.69, 9.17) is 4.74 Å². The molecule has 1 amide bonds. The quantitative estimate of drug-likeness (QED) is 0.529. The Morgan fingerprint density at radius 1 is 1.17 bits per heavy atom. The Bertz CT molecular complexity index is 532. The number of esters is 1. The fourth-order valence-corrected chi connectivity index (χ4v) is 6.13. The van der Waals surface area contributed by atoms with Gasteiger partial charge in [0.1, 0.15) is 11.6 Å². The minimum absolute atomic E-state index is 0.205. The summed E-state index contributed by atoms with van der Waals surface area (Å²) in [5.41, 5.74) is -0.876. The van der Waals surface area contributed by atoms with Gasteiger partial charge in [0.25, 0.3) is 0 Å². The van der Waals surface area contributed by atoms with Crippen molar-refractivity contribution in [3.8, 4) is 0 Å². The van der Waals surface area contributed by atoms with Gasteiger partial charge in [0.05, 0.1) is 12.9 Å². The maximum Gasteiger partial charge on any atom is 0.424 e. The molecule has 7 nitrogen and oxygen atoms in total. The lowest BCUT2D eigenvalue weighted by molar-refractivity contribution is -0.144. The highest BCUT2D eigenvalue weighted by Gasteiger charge is 2.39. The van der Waals surface area contributed by atoms with Gasteiger partial charge in [-0.1, -0.05) is 19.6 Å². The van der Waals surface area contributed by atoms with E-state index in [1.807, 2.05) is 19.6 Å². The van der Waals surface area contributed by atoms with Crippen molar-refractivity contribution >= 4 is 30.2 Å². The molecule has 0 aromatic carbocycles. The number of carbonyl (C=O) groups excluding carboxylic acids is 2. The molecule has 136 valence electrons. The van der Waals surface area contributed by atoms with Crippen LogP contribution in [-0.2, 0) is 24.3 Å². The molecule has 0 saturated heterocycles. The second-order valence-electron chi connectivity index (χ2n) is 7.60. The third kappa shape index (κ3) is 7.82. The molecule has 0 rings (SSSR count). The standard InChI is InChI=1S/C14H29NO6SSi/c1-11(12(16)20-5)15(13(17)21-14(2,3)4)22(18,19)9-10-23(6,7)8/h11H,9-10H2,1-8H3/t11-/m1/s1. The van der Waals surface area contributed by atoms with Gasteiger partial charge in [0, 0.05) is 8.07 Å². The third-order valence-corrected chi connectivity index (χ3v) is 6.77. The average molecular weight is 368 g/mol. The number of hydrogen-bond acceptors (Lipinski definition) is 6. The van der Waals surface area contributed by atoms with Crippen LogP contribution in [0.5, 0.6) is 0 Å². The molecule has 0 unspecified atom stereocenters. The monoisotopic (exact) mass is 367 g/mol. The number of amides is 1. The first kappa shape index (κ1) is 21.9. The number of sulfonamides is 1. The van der Waals surface area contributed by atoms with Gasteiger partial charge in [0.15, 0.2) is 0 Å². The van der Waals surface area contributed by atoms with Gasteiger partial charge in [-0.3, -0.25) is 0 Å². The minimum Gasteiger partial charge on any atom is -0.467 e. The van der Waals surface area contributed by atoms with E-state index in [-0.39, 0.29) is 5.75 Å². The van der Waals surface area contributed by atoms with Crippen LogP contribution in [0.15, 0.2) is 0 Å². The highest BCUT2D eigenvalue weighted by Crippen LogP contribution is 2.19. The number of nitrogens with zero attached hydrogens (tertiary/aromatic N) is 1. The molecular formula is C14H29NO6SSi. The van der Waals surface area contributed by atoms with Crippen molar-refractivity contribution in [2.24, 2.45) is 0 Å². The van der Waals surface area contributed by atoms with Crippen molar-refractivity contribution in [2.45, 2.75) is 65.0 Å². The first-order chi connectivity index (χ1) is 10.1. The second kappa shape index (κ2) is 7.65. The summed E-state index contributed by atoms with van der Waals surface area (Å²) < 4.78 is 35.4. The first-order valence-electron chi connectivity index (χ1n) is 7.43. The lowest BCUT2D eigenvalue weighted by atomic mass is 10.2. The lowest BCUT2D eigenvalue weighted by Crippen LogP contribution is -2.50. The van der Waals surface area contributed by atoms with Gasteiger partial charge in [-0.25, -0.2) is 18.0 Å². The van der Waals surface area contributed by atoms with Gasteiger partial charge < -0.3 is 9.47 Å². The van der Waals surface area contributed by atoms with Gasteiger partial charge >= 0.3 is 12.1 Å². The van der Waals surface area contributed by atoms with Gasteiger partial charge in [-0.2, -0.15) is 4.31 Å². The van der Waals surface area contributed by atoms with Crippen LogP contribution >= 0.6 is 0 Å². The van der Waals surface area contributed by atoms with E-state index >= 15 is 0 Å². The van der Waals surface area contributed by atoms with E-state index in [1.54, 1.807) is 20.8 Å². The van der Waals surface area contributed by atoms with Crippen molar-refractivity contribution in [3.63, 3.8) is 0 Å². The van der Waals surface area contributed by atoms with Crippen LogP contribution in [0.1, 0.15) is 27.7 Å². The van der Waals surface area contributed by atoms with Crippen LogP contribution in [0.4, 0.5) is 4.79 Å². The molecule has 0 bridgehead atoms. The molecule has 9 heteroatoms. The maximum absolute atomic E-state index is 12.6. The first-order valence-corrected chi connectivity index (χ1v) is 12.8. The summed E-state index contributed by atoms with van der Waals surface area (Å²) in [6.45, 7) is 12.3. The van der Waals surface area contributed by atoms with E-state index < -0.39 is 41.8 Å². The van der Waals surface area contributed by atoms with E-state index in [0.29, 0.717) is 10.3 Å². The summed E-state index contributed by atoms with van der Waals surface area (Å²) in [5, 5.41) is 0. The molecule has 0 N–H and O–H groups in total. The van der Waals surface area contributed by atoms with Crippen LogP contribution in [0.3, 0.4) is 0 Å². The Labute approximate surface area is 140 Å². The fourth-order valence-electron chi connectivity index (χ4n) is 1.62. The summed E-state index contributed by atoms with van der Waals surface area (Å²) in [6.07, 6.45) is -1.06. The highest BCUT2D eigenvalue weighted by atomic mass is 32.2. The Balaban J connectivity index is 5.58. The summed E-state index contributed by atoms with van der Waals surface area (Å²) >= 11 is 0. The molecular weight excluding hydrogens is 338 g/mol. The van der Waals surface area contributed by atoms with E-state index in [0.717, 1.165) is 7.11 Å². The third-order valence-electron chi connectivity index (χ3n) is 2.88. The molecule has 0 aliphatic heterocycles. The Kier molecular flexibility index (Phi) is 7.29. The van der Waals surface area contributed by atoms with Crippen LogP contribution in [0.25, 0.3) is 0 Å². The number of ether oxygens (including phenoxy) is 2. The smallest absolute Gasteiger partial charge is 0.424 e. The van der Waals surface area contributed by atoms with E-state index in [9.17, 15) is 18.0 Å². The van der Waals surface area contributed by atoms with Crippen LogP contribution in [-0.4, -0.2) is 57.4 Å². The Morgan fingerprint density at radius 2 is 1.65 bits per heavy atom. The van der Waals surface area contributed by atoms with Gasteiger partial charge in [-0.05, 0) is 33.7 Å². The van der Waals surface area contributed by atoms with Crippen molar-refractivity contribution in [3.05, 3.63) is 0 Å². The molecule has 1 atom stereocenters. The molecule has 0 aliphatic carbocycles. The zero-order valence-electron chi connectivity index (χ0n) is 15.3. The molecule has 0 radical (unpaired) electrons.